The monoisotopic (exact) mass is 342 g/mol. The third-order valence-corrected chi connectivity index (χ3v) is 4.40. The summed E-state index contributed by atoms with van der Waals surface area (Å²) < 4.78 is 18.4. The van der Waals surface area contributed by atoms with Crippen molar-refractivity contribution >= 4 is 11.6 Å². The summed E-state index contributed by atoms with van der Waals surface area (Å²) in [6.07, 6.45) is 0. The Morgan fingerprint density at radius 3 is 2.44 bits per heavy atom. The molecule has 2 aromatic carbocycles. The van der Waals surface area contributed by atoms with Gasteiger partial charge in [0.15, 0.2) is 5.96 Å². The molecule has 0 aliphatic carbocycles. The van der Waals surface area contributed by atoms with Crippen molar-refractivity contribution in [1.82, 2.24) is 4.90 Å². The Balaban J connectivity index is 1.57. The van der Waals surface area contributed by atoms with E-state index in [-0.39, 0.29) is 5.82 Å². The van der Waals surface area contributed by atoms with E-state index in [4.69, 9.17) is 10.5 Å². The van der Waals surface area contributed by atoms with E-state index in [1.54, 1.807) is 7.11 Å². The maximum atomic E-state index is 13.0. The number of guanidine groups is 1. The van der Waals surface area contributed by atoms with Crippen molar-refractivity contribution in [2.75, 3.05) is 38.2 Å². The molecule has 25 heavy (non-hydrogen) atoms. The highest BCUT2D eigenvalue weighted by molar-refractivity contribution is 5.78. The van der Waals surface area contributed by atoms with Gasteiger partial charge in [-0.3, -0.25) is 0 Å². The second kappa shape index (κ2) is 7.88. The number of piperazine rings is 1. The summed E-state index contributed by atoms with van der Waals surface area (Å²) >= 11 is 0. The van der Waals surface area contributed by atoms with Crippen LogP contribution in [0.1, 0.15) is 5.56 Å². The van der Waals surface area contributed by atoms with E-state index in [1.165, 1.54) is 12.1 Å². The van der Waals surface area contributed by atoms with Crippen LogP contribution >= 0.6 is 0 Å². The lowest BCUT2D eigenvalue weighted by atomic mass is 10.2. The lowest BCUT2D eigenvalue weighted by Crippen LogP contribution is -2.51. The van der Waals surface area contributed by atoms with Crippen molar-refractivity contribution in [2.45, 2.75) is 6.54 Å². The fourth-order valence-electron chi connectivity index (χ4n) is 2.95. The van der Waals surface area contributed by atoms with Gasteiger partial charge >= 0.3 is 0 Å². The average Bonchev–Trinajstić information content (AvgIpc) is 2.67. The lowest BCUT2D eigenvalue weighted by Gasteiger charge is -2.36. The van der Waals surface area contributed by atoms with E-state index in [1.807, 2.05) is 36.4 Å². The summed E-state index contributed by atoms with van der Waals surface area (Å²) in [4.78, 5) is 8.81. The number of nitrogens with two attached hydrogens (primary N) is 1. The van der Waals surface area contributed by atoms with Gasteiger partial charge in [0.05, 0.1) is 13.7 Å². The molecule has 1 heterocycles. The molecule has 2 N–H and O–H groups in total. The number of halogens is 1. The van der Waals surface area contributed by atoms with Gasteiger partial charge in [0.1, 0.15) is 11.6 Å². The second-order valence-corrected chi connectivity index (χ2v) is 5.94. The summed E-state index contributed by atoms with van der Waals surface area (Å²) in [6, 6.07) is 14.4. The first-order chi connectivity index (χ1) is 12.2. The quantitative estimate of drug-likeness (QED) is 0.685. The van der Waals surface area contributed by atoms with Crippen LogP contribution in [0.3, 0.4) is 0 Å². The maximum Gasteiger partial charge on any atom is 0.191 e. The Morgan fingerprint density at radius 2 is 1.76 bits per heavy atom. The number of hydrogen-bond donors (Lipinski definition) is 1. The standard InChI is InChI=1S/C19H23FN4O/c1-25-18-5-3-2-4-15(18)14-22-19(21)24-12-10-23(11-13-24)17-8-6-16(20)7-9-17/h2-9H,10-14H2,1H3,(H2,21,22). The fourth-order valence-corrected chi connectivity index (χ4v) is 2.95. The molecule has 5 nitrogen and oxygen atoms in total. The third kappa shape index (κ3) is 4.21. The maximum absolute atomic E-state index is 13.0. The van der Waals surface area contributed by atoms with Crippen LogP contribution in [0.5, 0.6) is 5.75 Å². The van der Waals surface area contributed by atoms with E-state index < -0.39 is 0 Å². The highest BCUT2D eigenvalue weighted by atomic mass is 19.1. The van der Waals surface area contributed by atoms with Crippen molar-refractivity contribution in [1.29, 1.82) is 0 Å². The third-order valence-electron chi connectivity index (χ3n) is 4.40. The van der Waals surface area contributed by atoms with Gasteiger partial charge in [-0.05, 0) is 30.3 Å². The van der Waals surface area contributed by atoms with Gasteiger partial charge < -0.3 is 20.3 Å². The number of ether oxygens (including phenoxy) is 1. The highest BCUT2D eigenvalue weighted by Gasteiger charge is 2.18. The van der Waals surface area contributed by atoms with Gasteiger partial charge in [0.25, 0.3) is 0 Å². The number of rotatable bonds is 4. The van der Waals surface area contributed by atoms with Gasteiger partial charge in [-0.15, -0.1) is 0 Å². The summed E-state index contributed by atoms with van der Waals surface area (Å²) in [5, 5.41) is 0. The number of nitrogens with zero attached hydrogens (tertiary/aromatic N) is 3. The molecule has 132 valence electrons. The first-order valence-electron chi connectivity index (χ1n) is 8.34. The van der Waals surface area contributed by atoms with Gasteiger partial charge in [0, 0.05) is 37.4 Å². The van der Waals surface area contributed by atoms with Crippen molar-refractivity contribution in [2.24, 2.45) is 10.7 Å². The molecule has 2 aromatic rings. The van der Waals surface area contributed by atoms with E-state index in [0.717, 1.165) is 43.2 Å². The van der Waals surface area contributed by atoms with Gasteiger partial charge in [0.2, 0.25) is 0 Å². The predicted octanol–water partition coefficient (Wildman–Crippen LogP) is 2.47. The van der Waals surface area contributed by atoms with Gasteiger partial charge in [-0.2, -0.15) is 0 Å². The van der Waals surface area contributed by atoms with Crippen molar-refractivity contribution < 1.29 is 9.13 Å². The van der Waals surface area contributed by atoms with E-state index in [0.29, 0.717) is 12.5 Å². The zero-order valence-corrected chi connectivity index (χ0v) is 14.4. The second-order valence-electron chi connectivity index (χ2n) is 5.94. The lowest BCUT2D eigenvalue weighted by molar-refractivity contribution is 0.380. The van der Waals surface area contributed by atoms with Crippen molar-refractivity contribution in [3.05, 3.63) is 59.9 Å². The average molecular weight is 342 g/mol. The molecule has 0 bridgehead atoms. The molecule has 3 rings (SSSR count). The molecule has 1 fully saturated rings. The molecule has 0 amide bonds. The molecule has 1 aliphatic rings. The number of benzene rings is 2. The fraction of sp³-hybridized carbons (Fsp3) is 0.316. The number of para-hydroxylation sites is 1. The Labute approximate surface area is 147 Å². The molecule has 0 saturated carbocycles. The molecule has 0 spiro atoms. The molecule has 0 unspecified atom stereocenters. The minimum atomic E-state index is -0.213. The molecule has 1 saturated heterocycles. The number of aliphatic imine (C=N–C) groups is 1. The number of anilines is 1. The largest absolute Gasteiger partial charge is 0.496 e. The first kappa shape index (κ1) is 17.1. The normalized spacial score (nSPS) is 15.4. The van der Waals surface area contributed by atoms with Gasteiger partial charge in [-0.25, -0.2) is 9.38 Å². The molecule has 6 heteroatoms. The highest BCUT2D eigenvalue weighted by Crippen LogP contribution is 2.19. The minimum absolute atomic E-state index is 0.213. The summed E-state index contributed by atoms with van der Waals surface area (Å²) in [5.74, 6) is 1.15. The van der Waals surface area contributed by atoms with Crippen LogP contribution in [0.4, 0.5) is 10.1 Å². The predicted molar refractivity (Wildman–Crippen MR) is 98.5 cm³/mol. The van der Waals surface area contributed by atoms with Crippen LogP contribution in [-0.2, 0) is 6.54 Å². The number of hydrogen-bond acceptors (Lipinski definition) is 3. The van der Waals surface area contributed by atoms with Crippen LogP contribution in [0, 0.1) is 5.82 Å². The van der Waals surface area contributed by atoms with E-state index in [9.17, 15) is 4.39 Å². The van der Waals surface area contributed by atoms with Crippen LogP contribution in [0.2, 0.25) is 0 Å². The first-order valence-corrected chi connectivity index (χ1v) is 8.34. The molecule has 0 atom stereocenters. The van der Waals surface area contributed by atoms with Crippen LogP contribution in [-0.4, -0.2) is 44.1 Å². The van der Waals surface area contributed by atoms with Gasteiger partial charge in [-0.1, -0.05) is 18.2 Å². The summed E-state index contributed by atoms with van der Waals surface area (Å²) in [5.41, 5.74) is 8.20. The zero-order chi connectivity index (χ0) is 17.6. The van der Waals surface area contributed by atoms with Crippen LogP contribution < -0.4 is 15.4 Å². The van der Waals surface area contributed by atoms with E-state index >= 15 is 0 Å². The Kier molecular flexibility index (Phi) is 5.38. The smallest absolute Gasteiger partial charge is 0.191 e. The Hall–Kier alpha value is -2.76. The van der Waals surface area contributed by atoms with Crippen molar-refractivity contribution in [3.8, 4) is 5.75 Å². The summed E-state index contributed by atoms with van der Waals surface area (Å²) in [6.45, 7) is 3.73. The van der Waals surface area contributed by atoms with Crippen molar-refractivity contribution in [3.63, 3.8) is 0 Å². The molecule has 0 radical (unpaired) electrons. The van der Waals surface area contributed by atoms with Crippen LogP contribution in [0.15, 0.2) is 53.5 Å². The Morgan fingerprint density at radius 1 is 1.08 bits per heavy atom. The number of methoxy groups -OCH3 is 1. The molecule has 1 aliphatic heterocycles. The summed E-state index contributed by atoms with van der Waals surface area (Å²) in [7, 11) is 1.65. The van der Waals surface area contributed by atoms with E-state index in [2.05, 4.69) is 14.8 Å². The zero-order valence-electron chi connectivity index (χ0n) is 14.4. The molecular formula is C19H23FN4O. The molecular weight excluding hydrogens is 319 g/mol. The minimum Gasteiger partial charge on any atom is -0.496 e. The Bertz CT molecular complexity index is 724. The SMILES string of the molecule is COc1ccccc1CN=C(N)N1CCN(c2ccc(F)cc2)CC1. The topological polar surface area (TPSA) is 54.1 Å². The van der Waals surface area contributed by atoms with Crippen LogP contribution in [0.25, 0.3) is 0 Å². The molecule has 0 aromatic heterocycles.